The maximum atomic E-state index is 11.8. The Kier molecular flexibility index (Phi) is 4.71. The number of carbonyl (C=O) groups excluding carboxylic acids is 2. The van der Waals surface area contributed by atoms with Gasteiger partial charge in [-0.3, -0.25) is 9.59 Å². The number of benzene rings is 1. The molecule has 1 unspecified atom stereocenters. The highest BCUT2D eigenvalue weighted by molar-refractivity contribution is 5.97. The maximum absolute atomic E-state index is 11.8. The SMILES string of the molecule is CC(C)NC(=O)C(C)NC(=O)c1ccc(O)cc1. The van der Waals surface area contributed by atoms with Gasteiger partial charge in [0.25, 0.3) is 5.91 Å². The lowest BCUT2D eigenvalue weighted by Gasteiger charge is -2.16. The van der Waals surface area contributed by atoms with Crippen LogP contribution in [0.25, 0.3) is 0 Å². The van der Waals surface area contributed by atoms with Crippen molar-refractivity contribution in [3.63, 3.8) is 0 Å². The second-order valence-corrected chi connectivity index (χ2v) is 4.41. The van der Waals surface area contributed by atoms with E-state index in [0.717, 1.165) is 0 Å². The van der Waals surface area contributed by atoms with Gasteiger partial charge in [0.2, 0.25) is 5.91 Å². The molecule has 0 radical (unpaired) electrons. The van der Waals surface area contributed by atoms with Gasteiger partial charge < -0.3 is 15.7 Å². The van der Waals surface area contributed by atoms with E-state index in [2.05, 4.69) is 10.6 Å². The molecule has 0 aliphatic carbocycles. The van der Waals surface area contributed by atoms with Crippen molar-refractivity contribution >= 4 is 11.8 Å². The molecule has 1 aromatic carbocycles. The number of phenolic OH excluding ortho intramolecular Hbond substituents is 1. The molecule has 1 atom stereocenters. The summed E-state index contributed by atoms with van der Waals surface area (Å²) >= 11 is 0. The van der Waals surface area contributed by atoms with Crippen molar-refractivity contribution in [3.05, 3.63) is 29.8 Å². The van der Waals surface area contributed by atoms with Crippen LogP contribution in [0.1, 0.15) is 31.1 Å². The summed E-state index contributed by atoms with van der Waals surface area (Å²) in [5.74, 6) is -0.476. The summed E-state index contributed by atoms with van der Waals surface area (Å²) in [6, 6.07) is 5.27. The Morgan fingerprint density at radius 3 is 2.11 bits per heavy atom. The van der Waals surface area contributed by atoms with E-state index in [0.29, 0.717) is 5.56 Å². The molecule has 0 heterocycles. The second kappa shape index (κ2) is 6.05. The zero-order valence-electron chi connectivity index (χ0n) is 10.7. The van der Waals surface area contributed by atoms with Crippen LogP contribution in [-0.4, -0.2) is 29.0 Å². The number of nitrogens with one attached hydrogen (secondary N) is 2. The van der Waals surface area contributed by atoms with Crippen molar-refractivity contribution in [2.24, 2.45) is 0 Å². The zero-order valence-corrected chi connectivity index (χ0v) is 10.7. The van der Waals surface area contributed by atoms with Gasteiger partial charge in [0.05, 0.1) is 0 Å². The van der Waals surface area contributed by atoms with Crippen molar-refractivity contribution in [2.75, 3.05) is 0 Å². The first-order valence-corrected chi connectivity index (χ1v) is 5.80. The highest BCUT2D eigenvalue weighted by atomic mass is 16.3. The van der Waals surface area contributed by atoms with E-state index < -0.39 is 6.04 Å². The first-order valence-electron chi connectivity index (χ1n) is 5.80. The predicted molar refractivity (Wildman–Crippen MR) is 68.3 cm³/mol. The molecule has 5 nitrogen and oxygen atoms in total. The Labute approximate surface area is 106 Å². The van der Waals surface area contributed by atoms with E-state index in [4.69, 9.17) is 5.11 Å². The number of rotatable bonds is 4. The average molecular weight is 250 g/mol. The van der Waals surface area contributed by atoms with Crippen LogP contribution in [0.3, 0.4) is 0 Å². The molecule has 0 spiro atoms. The Balaban J connectivity index is 2.59. The average Bonchev–Trinajstić information content (AvgIpc) is 2.28. The first-order chi connectivity index (χ1) is 8.40. The molecule has 18 heavy (non-hydrogen) atoms. The molecule has 0 aliphatic heterocycles. The maximum Gasteiger partial charge on any atom is 0.251 e. The van der Waals surface area contributed by atoms with Crippen LogP contribution in [0.5, 0.6) is 5.75 Å². The van der Waals surface area contributed by atoms with Crippen LogP contribution in [0.4, 0.5) is 0 Å². The van der Waals surface area contributed by atoms with Gasteiger partial charge >= 0.3 is 0 Å². The van der Waals surface area contributed by atoms with Crippen LogP contribution >= 0.6 is 0 Å². The minimum absolute atomic E-state index is 0.0329. The molecule has 0 saturated carbocycles. The predicted octanol–water partition coefficient (Wildman–Crippen LogP) is 1.04. The molecule has 1 rings (SSSR count). The Morgan fingerprint density at radius 2 is 1.61 bits per heavy atom. The normalized spacial score (nSPS) is 12.0. The van der Waals surface area contributed by atoms with E-state index >= 15 is 0 Å². The molecular weight excluding hydrogens is 232 g/mol. The molecule has 3 N–H and O–H groups in total. The summed E-state index contributed by atoms with van der Waals surface area (Å²) in [6.07, 6.45) is 0. The lowest BCUT2D eigenvalue weighted by Crippen LogP contribution is -2.46. The number of hydrogen-bond donors (Lipinski definition) is 3. The molecular formula is C13H18N2O3. The topological polar surface area (TPSA) is 78.4 Å². The van der Waals surface area contributed by atoms with Crippen molar-refractivity contribution in [3.8, 4) is 5.75 Å². The van der Waals surface area contributed by atoms with Crippen molar-refractivity contribution in [1.82, 2.24) is 10.6 Å². The molecule has 98 valence electrons. The molecule has 0 saturated heterocycles. The van der Waals surface area contributed by atoms with Gasteiger partial charge in [-0.25, -0.2) is 0 Å². The fourth-order valence-electron chi connectivity index (χ4n) is 1.37. The summed E-state index contributed by atoms with van der Waals surface area (Å²) in [6.45, 7) is 5.33. The number of amides is 2. The van der Waals surface area contributed by atoms with Crippen LogP contribution in [-0.2, 0) is 4.79 Å². The minimum atomic E-state index is -0.603. The fourth-order valence-corrected chi connectivity index (χ4v) is 1.37. The van der Waals surface area contributed by atoms with E-state index in [1.807, 2.05) is 13.8 Å². The summed E-state index contributed by atoms with van der Waals surface area (Å²) in [5, 5.41) is 14.4. The Morgan fingerprint density at radius 1 is 1.06 bits per heavy atom. The molecule has 0 bridgehead atoms. The van der Waals surface area contributed by atoms with Crippen LogP contribution in [0, 0.1) is 0 Å². The van der Waals surface area contributed by atoms with Crippen molar-refractivity contribution < 1.29 is 14.7 Å². The summed E-state index contributed by atoms with van der Waals surface area (Å²) in [4.78, 5) is 23.4. The van der Waals surface area contributed by atoms with Crippen LogP contribution < -0.4 is 10.6 Å². The zero-order chi connectivity index (χ0) is 13.7. The van der Waals surface area contributed by atoms with E-state index in [1.54, 1.807) is 6.92 Å². The fraction of sp³-hybridized carbons (Fsp3) is 0.385. The minimum Gasteiger partial charge on any atom is -0.508 e. The molecule has 0 aromatic heterocycles. The Bertz CT molecular complexity index is 426. The number of hydrogen-bond acceptors (Lipinski definition) is 3. The van der Waals surface area contributed by atoms with Crippen LogP contribution in [0.2, 0.25) is 0 Å². The molecule has 1 aromatic rings. The van der Waals surface area contributed by atoms with Gasteiger partial charge in [0.1, 0.15) is 11.8 Å². The second-order valence-electron chi connectivity index (χ2n) is 4.41. The van der Waals surface area contributed by atoms with Crippen LogP contribution in [0.15, 0.2) is 24.3 Å². The smallest absolute Gasteiger partial charge is 0.251 e. The largest absolute Gasteiger partial charge is 0.508 e. The standard InChI is InChI=1S/C13H18N2O3/c1-8(2)14-12(17)9(3)15-13(18)10-4-6-11(16)7-5-10/h4-9,16H,1-3H3,(H,14,17)(H,15,18). The van der Waals surface area contributed by atoms with E-state index in [-0.39, 0.29) is 23.6 Å². The molecule has 0 aliphatic rings. The molecule has 5 heteroatoms. The summed E-state index contributed by atoms with van der Waals surface area (Å²) < 4.78 is 0. The van der Waals surface area contributed by atoms with Gasteiger partial charge in [-0.1, -0.05) is 0 Å². The van der Waals surface area contributed by atoms with Crippen molar-refractivity contribution in [1.29, 1.82) is 0 Å². The van der Waals surface area contributed by atoms with Gasteiger partial charge in [0, 0.05) is 11.6 Å². The van der Waals surface area contributed by atoms with Gasteiger partial charge in [-0.2, -0.15) is 0 Å². The first kappa shape index (κ1) is 14.0. The summed E-state index contributed by atoms with van der Waals surface area (Å²) in [5.41, 5.74) is 0.400. The van der Waals surface area contributed by atoms with E-state index in [1.165, 1.54) is 24.3 Å². The summed E-state index contributed by atoms with van der Waals surface area (Å²) in [7, 11) is 0. The van der Waals surface area contributed by atoms with Gasteiger partial charge in [-0.05, 0) is 45.0 Å². The Hall–Kier alpha value is -2.04. The highest BCUT2D eigenvalue weighted by Crippen LogP contribution is 2.09. The van der Waals surface area contributed by atoms with Crippen molar-refractivity contribution in [2.45, 2.75) is 32.9 Å². The highest BCUT2D eigenvalue weighted by Gasteiger charge is 2.16. The third-order valence-electron chi connectivity index (χ3n) is 2.30. The monoisotopic (exact) mass is 250 g/mol. The quantitative estimate of drug-likeness (QED) is 0.747. The number of phenols is 1. The molecule has 2 amide bonds. The molecule has 0 fully saturated rings. The third kappa shape index (κ3) is 4.08. The number of carbonyl (C=O) groups is 2. The lowest BCUT2D eigenvalue weighted by molar-refractivity contribution is -0.123. The number of aromatic hydroxyl groups is 1. The third-order valence-corrected chi connectivity index (χ3v) is 2.30. The van der Waals surface area contributed by atoms with E-state index in [9.17, 15) is 9.59 Å². The van der Waals surface area contributed by atoms with Gasteiger partial charge in [-0.15, -0.1) is 0 Å². The lowest BCUT2D eigenvalue weighted by atomic mass is 10.2. The van der Waals surface area contributed by atoms with Gasteiger partial charge in [0.15, 0.2) is 0 Å².